The van der Waals surface area contributed by atoms with Crippen molar-refractivity contribution in [3.63, 3.8) is 0 Å². The van der Waals surface area contributed by atoms with E-state index >= 15 is 0 Å². The molecule has 2 bridgehead atoms. The van der Waals surface area contributed by atoms with Gasteiger partial charge in [-0.25, -0.2) is 4.90 Å². The van der Waals surface area contributed by atoms with Crippen molar-refractivity contribution in [3.05, 3.63) is 35.9 Å². The number of imide groups is 1. The van der Waals surface area contributed by atoms with Crippen molar-refractivity contribution >= 4 is 29.2 Å². The van der Waals surface area contributed by atoms with Crippen LogP contribution in [-0.4, -0.2) is 44.1 Å². The number of carboxylic acid groups (broad SMARTS) is 1. The zero-order valence-corrected chi connectivity index (χ0v) is 14.7. The van der Waals surface area contributed by atoms with Crippen molar-refractivity contribution in [3.8, 4) is 0 Å². The van der Waals surface area contributed by atoms with Crippen LogP contribution in [0.1, 0.15) is 16.8 Å². The molecule has 7 heteroatoms. The number of ether oxygens (including phenoxy) is 1. The zero-order valence-electron chi connectivity index (χ0n) is 14.7. The first-order chi connectivity index (χ1) is 13.1. The number of carboxylic acids is 1. The molecule has 7 nitrogen and oxygen atoms in total. The van der Waals surface area contributed by atoms with Gasteiger partial charge in [0.15, 0.2) is 0 Å². The lowest BCUT2D eigenvalue weighted by Gasteiger charge is -2.31. The fourth-order valence-electron chi connectivity index (χ4n) is 5.06. The highest BCUT2D eigenvalue weighted by Gasteiger charge is 2.59. The fourth-order valence-corrected chi connectivity index (χ4v) is 5.06. The molecule has 2 aliphatic carbocycles. The lowest BCUT2D eigenvalue weighted by molar-refractivity contribution is -0.255. The molecule has 0 N–H and O–H groups in total. The smallest absolute Gasteiger partial charge is 0.238 e. The summed E-state index contributed by atoms with van der Waals surface area (Å²) >= 11 is 0. The molecule has 1 aromatic rings. The number of anilines is 2. The monoisotopic (exact) mass is 367 g/mol. The van der Waals surface area contributed by atoms with Crippen LogP contribution in [0, 0.1) is 23.7 Å². The van der Waals surface area contributed by atoms with Crippen LogP contribution in [0.25, 0.3) is 0 Å². The van der Waals surface area contributed by atoms with Crippen LogP contribution in [0.4, 0.5) is 11.4 Å². The molecule has 3 fully saturated rings. The summed E-state index contributed by atoms with van der Waals surface area (Å²) in [6.45, 7) is 2.22. The Morgan fingerprint density at radius 1 is 1.04 bits per heavy atom. The molecular formula is C20H19N2O5-. The second-order valence-electron chi connectivity index (χ2n) is 7.60. The van der Waals surface area contributed by atoms with Gasteiger partial charge < -0.3 is 19.5 Å². The number of amides is 2. The number of hydrogen-bond acceptors (Lipinski definition) is 6. The van der Waals surface area contributed by atoms with Gasteiger partial charge in [-0.2, -0.15) is 0 Å². The van der Waals surface area contributed by atoms with E-state index in [-0.39, 0.29) is 41.0 Å². The molecule has 0 unspecified atom stereocenters. The van der Waals surface area contributed by atoms with E-state index in [0.29, 0.717) is 37.7 Å². The van der Waals surface area contributed by atoms with Crippen LogP contribution < -0.4 is 14.9 Å². The van der Waals surface area contributed by atoms with E-state index < -0.39 is 5.97 Å². The summed E-state index contributed by atoms with van der Waals surface area (Å²) in [4.78, 5) is 40.7. The van der Waals surface area contributed by atoms with Gasteiger partial charge >= 0.3 is 0 Å². The number of benzene rings is 1. The Morgan fingerprint density at radius 2 is 1.67 bits per heavy atom. The summed E-state index contributed by atoms with van der Waals surface area (Å²) in [7, 11) is 0. The molecule has 2 aliphatic heterocycles. The number of fused-ring (bicyclic) bond motifs is 5. The topological polar surface area (TPSA) is 90.0 Å². The first-order valence-corrected chi connectivity index (χ1v) is 9.30. The molecule has 2 saturated heterocycles. The summed E-state index contributed by atoms with van der Waals surface area (Å²) < 4.78 is 5.31. The first-order valence-electron chi connectivity index (χ1n) is 9.30. The molecule has 1 saturated carbocycles. The Balaban J connectivity index is 1.51. The van der Waals surface area contributed by atoms with E-state index in [9.17, 15) is 19.5 Å². The minimum atomic E-state index is -1.32. The highest BCUT2D eigenvalue weighted by Crippen LogP contribution is 2.53. The summed E-state index contributed by atoms with van der Waals surface area (Å²) in [5.74, 6) is -2.13. The van der Waals surface area contributed by atoms with E-state index in [0.717, 1.165) is 6.42 Å². The van der Waals surface area contributed by atoms with E-state index in [1.165, 1.54) is 11.0 Å². The molecule has 0 aromatic heterocycles. The van der Waals surface area contributed by atoms with Gasteiger partial charge in [0.2, 0.25) is 11.8 Å². The van der Waals surface area contributed by atoms with E-state index in [1.54, 1.807) is 12.1 Å². The SMILES string of the molecule is O=C([O-])c1cc(N2C(=O)[C@@H]3[C@H](C2=O)[C@@H]2C=C[C@H]3C2)ccc1N1CCOCC1. The highest BCUT2D eigenvalue weighted by molar-refractivity contribution is 6.23. The highest BCUT2D eigenvalue weighted by atomic mass is 16.5. The Labute approximate surface area is 156 Å². The Morgan fingerprint density at radius 3 is 2.26 bits per heavy atom. The molecule has 2 amide bonds. The van der Waals surface area contributed by atoms with Crippen LogP contribution >= 0.6 is 0 Å². The van der Waals surface area contributed by atoms with Crippen molar-refractivity contribution < 1.29 is 24.2 Å². The molecule has 1 aromatic carbocycles. The number of hydrogen-bond donors (Lipinski definition) is 0. The average molecular weight is 367 g/mol. The van der Waals surface area contributed by atoms with Gasteiger partial charge in [-0.15, -0.1) is 0 Å². The molecule has 140 valence electrons. The molecule has 2 heterocycles. The van der Waals surface area contributed by atoms with Gasteiger partial charge in [-0.3, -0.25) is 9.59 Å². The molecule has 27 heavy (non-hydrogen) atoms. The summed E-state index contributed by atoms with van der Waals surface area (Å²) in [5, 5.41) is 11.7. The Hall–Kier alpha value is -2.67. The van der Waals surface area contributed by atoms with E-state index in [4.69, 9.17) is 4.74 Å². The second-order valence-corrected chi connectivity index (χ2v) is 7.60. The van der Waals surface area contributed by atoms with Crippen molar-refractivity contribution in [2.75, 3.05) is 36.1 Å². The third-order valence-corrected chi connectivity index (χ3v) is 6.28. The quantitative estimate of drug-likeness (QED) is 0.560. The number of morpholine rings is 1. The minimum absolute atomic E-state index is 0.00634. The molecule has 0 spiro atoms. The third-order valence-electron chi connectivity index (χ3n) is 6.28. The molecule has 4 atom stereocenters. The van der Waals surface area contributed by atoms with Gasteiger partial charge in [0, 0.05) is 24.3 Å². The lowest BCUT2D eigenvalue weighted by Crippen LogP contribution is -2.38. The van der Waals surface area contributed by atoms with Crippen molar-refractivity contribution in [2.45, 2.75) is 6.42 Å². The molecular weight excluding hydrogens is 348 g/mol. The van der Waals surface area contributed by atoms with Gasteiger partial charge in [0.1, 0.15) is 0 Å². The lowest BCUT2D eigenvalue weighted by atomic mass is 9.85. The molecule has 4 aliphatic rings. The first kappa shape index (κ1) is 16.5. The number of carbonyl (C=O) groups excluding carboxylic acids is 3. The zero-order chi connectivity index (χ0) is 18.7. The third kappa shape index (κ3) is 2.34. The normalized spacial score (nSPS) is 31.7. The Kier molecular flexibility index (Phi) is 3.62. The van der Waals surface area contributed by atoms with Crippen LogP contribution in [0.2, 0.25) is 0 Å². The minimum Gasteiger partial charge on any atom is -0.545 e. The fraction of sp³-hybridized carbons (Fsp3) is 0.450. The average Bonchev–Trinajstić information content (AvgIpc) is 3.36. The maximum atomic E-state index is 12.9. The van der Waals surface area contributed by atoms with Gasteiger partial charge in [0.25, 0.3) is 0 Å². The van der Waals surface area contributed by atoms with Crippen molar-refractivity contribution in [2.24, 2.45) is 23.7 Å². The largest absolute Gasteiger partial charge is 0.545 e. The number of allylic oxidation sites excluding steroid dienone is 2. The van der Waals surface area contributed by atoms with Crippen molar-refractivity contribution in [1.82, 2.24) is 0 Å². The van der Waals surface area contributed by atoms with E-state index in [2.05, 4.69) is 0 Å². The van der Waals surface area contributed by atoms with Gasteiger partial charge in [-0.05, 0) is 36.5 Å². The van der Waals surface area contributed by atoms with Crippen molar-refractivity contribution in [1.29, 1.82) is 0 Å². The molecule has 5 rings (SSSR count). The summed E-state index contributed by atoms with van der Waals surface area (Å²) in [6.07, 6.45) is 4.93. The van der Waals surface area contributed by atoms with Crippen LogP contribution in [0.15, 0.2) is 30.4 Å². The summed E-state index contributed by atoms with van der Waals surface area (Å²) in [5.41, 5.74) is 0.839. The van der Waals surface area contributed by atoms with Crippen LogP contribution in [0.5, 0.6) is 0 Å². The number of rotatable bonds is 3. The van der Waals surface area contributed by atoms with Crippen LogP contribution in [-0.2, 0) is 14.3 Å². The number of nitrogens with zero attached hydrogens (tertiary/aromatic N) is 2. The van der Waals surface area contributed by atoms with E-state index in [1.807, 2.05) is 17.1 Å². The molecule has 0 radical (unpaired) electrons. The maximum absolute atomic E-state index is 12.9. The summed E-state index contributed by atoms with van der Waals surface area (Å²) in [6, 6.07) is 4.71. The number of aromatic carboxylic acids is 1. The van der Waals surface area contributed by atoms with Crippen LogP contribution in [0.3, 0.4) is 0 Å². The predicted octanol–water partition coefficient (Wildman–Crippen LogP) is 0.198. The number of carbonyl (C=O) groups is 3. The van der Waals surface area contributed by atoms with Gasteiger partial charge in [0.05, 0.1) is 36.7 Å². The van der Waals surface area contributed by atoms with Gasteiger partial charge in [-0.1, -0.05) is 12.2 Å². The Bertz CT molecular complexity index is 843. The second kappa shape index (κ2) is 5.92. The predicted molar refractivity (Wildman–Crippen MR) is 94.0 cm³/mol. The standard InChI is InChI=1S/C20H20N2O5/c23-18-16-11-1-2-12(9-11)17(16)19(24)22(18)13-3-4-15(14(10-13)20(25)26)21-5-7-27-8-6-21/h1-4,10-12,16-17H,5-9H2,(H,25,26)/p-1/t11-,12+,16-,17+. The maximum Gasteiger partial charge on any atom is 0.238 e.